The zero-order valence-corrected chi connectivity index (χ0v) is 8.79. The average Bonchev–Trinajstić information content (AvgIpc) is 2.74. The molecule has 3 aromatic heterocycles. The summed E-state index contributed by atoms with van der Waals surface area (Å²) >= 11 is 0. The van der Waals surface area contributed by atoms with E-state index in [9.17, 15) is 4.79 Å². The number of rotatable bonds is 2. The van der Waals surface area contributed by atoms with Gasteiger partial charge >= 0.3 is 0 Å². The number of aromatic nitrogens is 4. The van der Waals surface area contributed by atoms with E-state index in [1.165, 1.54) is 16.8 Å². The first-order valence-electron chi connectivity index (χ1n) is 5.08. The minimum absolute atomic E-state index is 0.149. The van der Waals surface area contributed by atoms with Gasteiger partial charge in [-0.1, -0.05) is 6.07 Å². The summed E-state index contributed by atoms with van der Waals surface area (Å²) in [5, 5.41) is 5.96. The Kier molecular flexibility index (Phi) is 2.11. The third kappa shape index (κ3) is 1.76. The van der Waals surface area contributed by atoms with E-state index in [1.807, 2.05) is 18.2 Å². The van der Waals surface area contributed by atoms with Crippen molar-refractivity contribution in [1.29, 1.82) is 0 Å². The Labute approximate surface area is 95.9 Å². The molecule has 0 aromatic carbocycles. The lowest BCUT2D eigenvalue weighted by atomic mass is 10.4. The van der Waals surface area contributed by atoms with Gasteiger partial charge in [0, 0.05) is 24.5 Å². The van der Waals surface area contributed by atoms with Crippen molar-refractivity contribution in [1.82, 2.24) is 19.6 Å². The third-order valence-electron chi connectivity index (χ3n) is 2.31. The molecule has 84 valence electrons. The van der Waals surface area contributed by atoms with Crippen molar-refractivity contribution < 1.29 is 0 Å². The maximum atomic E-state index is 11.5. The molecular weight excluding hydrogens is 218 g/mol. The molecule has 0 aliphatic heterocycles. The number of nitrogens with zero attached hydrogens (tertiary/aromatic N) is 3. The van der Waals surface area contributed by atoms with Crippen molar-refractivity contribution >= 4 is 17.3 Å². The summed E-state index contributed by atoms with van der Waals surface area (Å²) in [6, 6.07) is 8.69. The minimum Gasteiger partial charge on any atom is -0.325 e. The van der Waals surface area contributed by atoms with Gasteiger partial charge in [-0.3, -0.25) is 9.89 Å². The molecule has 0 aliphatic rings. The summed E-state index contributed by atoms with van der Waals surface area (Å²) in [4.78, 5) is 19.7. The highest BCUT2D eigenvalue weighted by molar-refractivity contribution is 5.57. The molecule has 17 heavy (non-hydrogen) atoms. The van der Waals surface area contributed by atoms with E-state index in [0.29, 0.717) is 17.3 Å². The van der Waals surface area contributed by atoms with Gasteiger partial charge in [-0.2, -0.15) is 4.52 Å². The van der Waals surface area contributed by atoms with Gasteiger partial charge in [0.05, 0.1) is 0 Å². The van der Waals surface area contributed by atoms with Gasteiger partial charge in [-0.15, -0.1) is 0 Å². The van der Waals surface area contributed by atoms with Gasteiger partial charge < -0.3 is 5.32 Å². The fraction of sp³-hybridized carbons (Fsp3) is 0. The van der Waals surface area contributed by atoms with Crippen LogP contribution in [0.2, 0.25) is 0 Å². The van der Waals surface area contributed by atoms with Gasteiger partial charge in [-0.05, 0) is 12.1 Å². The predicted molar refractivity (Wildman–Crippen MR) is 63.3 cm³/mol. The molecular formula is C11H9N5O. The fourth-order valence-corrected chi connectivity index (χ4v) is 1.56. The van der Waals surface area contributed by atoms with E-state index in [0.717, 1.165) is 0 Å². The summed E-state index contributed by atoms with van der Waals surface area (Å²) in [6.07, 6.45) is 3.17. The Morgan fingerprint density at radius 3 is 2.88 bits per heavy atom. The van der Waals surface area contributed by atoms with Crippen LogP contribution in [0.5, 0.6) is 0 Å². The summed E-state index contributed by atoms with van der Waals surface area (Å²) < 4.78 is 1.37. The first-order valence-corrected chi connectivity index (χ1v) is 5.08. The molecule has 0 fully saturated rings. The molecule has 0 bridgehead atoms. The molecule has 0 atom stereocenters. The van der Waals surface area contributed by atoms with Crippen LogP contribution in [0.4, 0.5) is 11.6 Å². The van der Waals surface area contributed by atoms with Crippen LogP contribution in [0.25, 0.3) is 5.65 Å². The van der Waals surface area contributed by atoms with Crippen molar-refractivity contribution in [3.05, 3.63) is 53.1 Å². The molecule has 3 rings (SSSR count). The monoisotopic (exact) mass is 227 g/mol. The van der Waals surface area contributed by atoms with Crippen molar-refractivity contribution in [2.45, 2.75) is 0 Å². The van der Waals surface area contributed by atoms with E-state index < -0.39 is 0 Å². The Balaban J connectivity index is 2.02. The topological polar surface area (TPSA) is 75.1 Å². The van der Waals surface area contributed by atoms with Crippen molar-refractivity contribution in [2.75, 3.05) is 5.32 Å². The number of H-pyrrole nitrogens is 1. The molecule has 3 aromatic rings. The minimum atomic E-state index is -0.149. The van der Waals surface area contributed by atoms with E-state index in [-0.39, 0.29) is 5.56 Å². The van der Waals surface area contributed by atoms with Crippen molar-refractivity contribution in [2.24, 2.45) is 0 Å². The molecule has 0 radical (unpaired) electrons. The molecule has 6 heteroatoms. The third-order valence-corrected chi connectivity index (χ3v) is 2.31. The lowest BCUT2D eigenvalue weighted by Crippen LogP contribution is -2.12. The number of hydrogen-bond acceptors (Lipinski definition) is 4. The maximum Gasteiger partial charge on any atom is 0.272 e. The lowest BCUT2D eigenvalue weighted by Gasteiger charge is -2.00. The summed E-state index contributed by atoms with van der Waals surface area (Å²) in [5.74, 6) is 1.37. The quantitative estimate of drug-likeness (QED) is 0.689. The number of pyridine rings is 1. The van der Waals surface area contributed by atoms with E-state index in [4.69, 9.17) is 0 Å². The first-order chi connectivity index (χ1) is 8.33. The van der Waals surface area contributed by atoms with Gasteiger partial charge in [0.2, 0.25) is 0 Å². The highest BCUT2D eigenvalue weighted by Crippen LogP contribution is 2.12. The summed E-state index contributed by atoms with van der Waals surface area (Å²) in [6.45, 7) is 0. The number of fused-ring (bicyclic) bond motifs is 1. The molecule has 0 amide bonds. The largest absolute Gasteiger partial charge is 0.325 e. The van der Waals surface area contributed by atoms with Crippen LogP contribution in [0, 0.1) is 0 Å². The van der Waals surface area contributed by atoms with Gasteiger partial charge in [0.1, 0.15) is 11.6 Å². The lowest BCUT2D eigenvalue weighted by molar-refractivity contribution is 0.902. The standard InChI is InChI=1S/C11H9N5O/c17-11-4-6-13-10-7-9(15-16(10)11)14-8-3-1-2-5-12-8/h1-7,15H,(H,12,14). The molecule has 0 spiro atoms. The van der Waals surface area contributed by atoms with Crippen LogP contribution in [0.15, 0.2) is 47.5 Å². The number of anilines is 2. The van der Waals surface area contributed by atoms with Gasteiger partial charge in [0.15, 0.2) is 5.65 Å². The smallest absolute Gasteiger partial charge is 0.272 e. The van der Waals surface area contributed by atoms with Gasteiger partial charge in [0.25, 0.3) is 5.56 Å². The van der Waals surface area contributed by atoms with Crippen LogP contribution in [-0.4, -0.2) is 19.6 Å². The first kappa shape index (κ1) is 9.59. The molecule has 6 nitrogen and oxygen atoms in total. The van der Waals surface area contributed by atoms with Crippen molar-refractivity contribution in [3.8, 4) is 0 Å². The Bertz CT molecular complexity index is 700. The fourth-order valence-electron chi connectivity index (χ4n) is 1.56. The van der Waals surface area contributed by atoms with E-state index in [2.05, 4.69) is 20.4 Å². The number of hydrogen-bond donors (Lipinski definition) is 2. The molecule has 0 saturated heterocycles. The zero-order chi connectivity index (χ0) is 11.7. The Morgan fingerprint density at radius 1 is 1.18 bits per heavy atom. The number of nitrogens with one attached hydrogen (secondary N) is 2. The predicted octanol–water partition coefficient (Wildman–Crippen LogP) is 1.16. The molecule has 2 N–H and O–H groups in total. The van der Waals surface area contributed by atoms with Crippen LogP contribution in [0.1, 0.15) is 0 Å². The second-order valence-corrected chi connectivity index (χ2v) is 3.49. The Morgan fingerprint density at radius 2 is 2.12 bits per heavy atom. The molecule has 3 heterocycles. The SMILES string of the molecule is O=c1ccnc2cc(Nc3ccccn3)[nH]n12. The summed E-state index contributed by atoms with van der Waals surface area (Å²) in [5.41, 5.74) is 0.417. The highest BCUT2D eigenvalue weighted by Gasteiger charge is 2.02. The van der Waals surface area contributed by atoms with Crippen LogP contribution < -0.4 is 10.9 Å². The molecule has 0 aliphatic carbocycles. The average molecular weight is 227 g/mol. The van der Waals surface area contributed by atoms with Gasteiger partial charge in [-0.25, -0.2) is 9.97 Å². The highest BCUT2D eigenvalue weighted by atomic mass is 16.1. The second kappa shape index (κ2) is 3.75. The van der Waals surface area contributed by atoms with Crippen molar-refractivity contribution in [3.63, 3.8) is 0 Å². The number of aromatic amines is 1. The molecule has 0 saturated carbocycles. The van der Waals surface area contributed by atoms with E-state index >= 15 is 0 Å². The zero-order valence-electron chi connectivity index (χ0n) is 8.79. The van der Waals surface area contributed by atoms with Crippen LogP contribution in [-0.2, 0) is 0 Å². The Hall–Kier alpha value is -2.63. The van der Waals surface area contributed by atoms with Crippen LogP contribution in [0.3, 0.4) is 0 Å². The maximum absolute atomic E-state index is 11.5. The second-order valence-electron chi connectivity index (χ2n) is 3.49. The molecule has 0 unspecified atom stereocenters. The summed E-state index contributed by atoms with van der Waals surface area (Å²) in [7, 11) is 0. The van der Waals surface area contributed by atoms with E-state index in [1.54, 1.807) is 12.3 Å². The van der Waals surface area contributed by atoms with Crippen LogP contribution >= 0.6 is 0 Å². The normalized spacial score (nSPS) is 10.6.